The van der Waals surface area contributed by atoms with Crippen molar-refractivity contribution in [3.63, 3.8) is 0 Å². The topological polar surface area (TPSA) is 71.0 Å². The Labute approximate surface area is 173 Å². The lowest BCUT2D eigenvalue weighted by Crippen LogP contribution is -2.44. The van der Waals surface area contributed by atoms with Gasteiger partial charge in [-0.2, -0.15) is 0 Å². The second kappa shape index (κ2) is 9.44. The minimum atomic E-state index is -0.0265. The first-order valence-corrected chi connectivity index (χ1v) is 10.9. The number of hydrogen-bond donors (Lipinski definition) is 1. The van der Waals surface area contributed by atoms with Crippen molar-refractivity contribution in [3.05, 3.63) is 53.9 Å². The fraction of sp³-hybridized carbons (Fsp3) is 0.565. The predicted octanol–water partition coefficient (Wildman–Crippen LogP) is 3.44. The van der Waals surface area contributed by atoms with Crippen LogP contribution in [-0.2, 0) is 11.3 Å². The average molecular weight is 394 g/mol. The SMILES string of the molecule is Cc1ncc(CN2CCC[C@@H]([C@H](NC(=O)C3CCCC3)c3ccccn3)C2)cn1. The second-order valence-electron chi connectivity index (χ2n) is 8.50. The normalized spacial score (nSPS) is 21.8. The van der Waals surface area contributed by atoms with E-state index in [-0.39, 0.29) is 17.9 Å². The van der Waals surface area contributed by atoms with Crippen LogP contribution >= 0.6 is 0 Å². The first-order valence-electron chi connectivity index (χ1n) is 10.9. The van der Waals surface area contributed by atoms with E-state index >= 15 is 0 Å². The number of aromatic nitrogens is 3. The highest BCUT2D eigenvalue weighted by molar-refractivity contribution is 5.79. The van der Waals surface area contributed by atoms with E-state index < -0.39 is 0 Å². The first kappa shape index (κ1) is 20.0. The van der Waals surface area contributed by atoms with Crippen molar-refractivity contribution in [1.82, 2.24) is 25.2 Å². The van der Waals surface area contributed by atoms with E-state index in [0.717, 1.165) is 62.4 Å². The molecule has 1 saturated heterocycles. The Morgan fingerprint density at radius 2 is 1.93 bits per heavy atom. The van der Waals surface area contributed by atoms with E-state index in [0.29, 0.717) is 5.92 Å². The van der Waals surface area contributed by atoms with Gasteiger partial charge in [-0.15, -0.1) is 0 Å². The maximum atomic E-state index is 12.9. The summed E-state index contributed by atoms with van der Waals surface area (Å²) < 4.78 is 0. The van der Waals surface area contributed by atoms with Crippen LogP contribution in [0.4, 0.5) is 0 Å². The third-order valence-electron chi connectivity index (χ3n) is 6.28. The van der Waals surface area contributed by atoms with Gasteiger partial charge in [0.15, 0.2) is 0 Å². The number of carbonyl (C=O) groups excluding carboxylic acids is 1. The number of carbonyl (C=O) groups is 1. The van der Waals surface area contributed by atoms with E-state index in [9.17, 15) is 4.79 Å². The van der Waals surface area contributed by atoms with E-state index in [1.165, 1.54) is 12.8 Å². The standard InChI is InChI=1S/C23H31N5O/c1-17-25-13-18(14-26-17)15-28-12-6-9-20(16-28)22(21-10-4-5-11-24-21)27-23(29)19-7-2-3-8-19/h4-5,10-11,13-14,19-20,22H,2-3,6-9,12,15-16H2,1H3,(H,27,29)/t20-,22+/m1/s1. The molecule has 0 spiro atoms. The Balaban J connectivity index is 1.47. The van der Waals surface area contributed by atoms with Crippen LogP contribution in [0.25, 0.3) is 0 Å². The minimum Gasteiger partial charge on any atom is -0.347 e. The third-order valence-corrected chi connectivity index (χ3v) is 6.28. The molecule has 0 bridgehead atoms. The van der Waals surface area contributed by atoms with Crippen molar-refractivity contribution in [2.45, 2.75) is 58.0 Å². The van der Waals surface area contributed by atoms with E-state index in [1.807, 2.05) is 43.7 Å². The molecule has 1 N–H and O–H groups in total. The Bertz CT molecular complexity index is 789. The van der Waals surface area contributed by atoms with E-state index in [1.54, 1.807) is 0 Å². The zero-order valence-corrected chi connectivity index (χ0v) is 17.3. The van der Waals surface area contributed by atoms with Crippen LogP contribution in [0.3, 0.4) is 0 Å². The Kier molecular flexibility index (Phi) is 6.49. The summed E-state index contributed by atoms with van der Waals surface area (Å²) in [6.07, 6.45) is 12.3. The summed E-state index contributed by atoms with van der Waals surface area (Å²) in [5.41, 5.74) is 2.12. The van der Waals surface area contributed by atoms with Crippen LogP contribution in [0, 0.1) is 18.8 Å². The molecule has 1 saturated carbocycles. The van der Waals surface area contributed by atoms with Crippen LogP contribution in [-0.4, -0.2) is 38.8 Å². The summed E-state index contributed by atoms with van der Waals surface area (Å²) >= 11 is 0. The van der Waals surface area contributed by atoms with Crippen molar-refractivity contribution >= 4 is 5.91 Å². The third kappa shape index (κ3) is 5.18. The van der Waals surface area contributed by atoms with Crippen LogP contribution in [0.1, 0.15) is 61.6 Å². The fourth-order valence-electron chi connectivity index (χ4n) is 4.72. The molecule has 2 aromatic rings. The maximum absolute atomic E-state index is 12.9. The average Bonchev–Trinajstić information content (AvgIpc) is 3.29. The summed E-state index contributed by atoms with van der Waals surface area (Å²) in [5, 5.41) is 3.38. The van der Waals surface area contributed by atoms with Crippen molar-refractivity contribution in [2.24, 2.45) is 11.8 Å². The molecule has 0 unspecified atom stereocenters. The van der Waals surface area contributed by atoms with Gasteiger partial charge >= 0.3 is 0 Å². The zero-order chi connectivity index (χ0) is 20.1. The number of nitrogens with zero attached hydrogens (tertiary/aromatic N) is 4. The van der Waals surface area contributed by atoms with Gasteiger partial charge in [-0.05, 0) is 57.2 Å². The molecule has 154 valence electrons. The van der Waals surface area contributed by atoms with Crippen molar-refractivity contribution in [1.29, 1.82) is 0 Å². The van der Waals surface area contributed by atoms with E-state index in [4.69, 9.17) is 0 Å². The number of hydrogen-bond acceptors (Lipinski definition) is 5. The molecule has 0 radical (unpaired) electrons. The van der Waals surface area contributed by atoms with Gasteiger partial charge in [0.25, 0.3) is 0 Å². The number of rotatable bonds is 6. The van der Waals surface area contributed by atoms with Gasteiger partial charge in [0.2, 0.25) is 5.91 Å². The molecule has 6 nitrogen and oxygen atoms in total. The summed E-state index contributed by atoms with van der Waals surface area (Å²) in [7, 11) is 0. The number of likely N-dealkylation sites (tertiary alicyclic amines) is 1. The predicted molar refractivity (Wildman–Crippen MR) is 112 cm³/mol. The summed E-state index contributed by atoms with van der Waals surface area (Å²) in [4.78, 5) is 28.6. The Morgan fingerprint density at radius 3 is 2.66 bits per heavy atom. The maximum Gasteiger partial charge on any atom is 0.223 e. The number of aryl methyl sites for hydroxylation is 1. The largest absolute Gasteiger partial charge is 0.347 e. The molecule has 29 heavy (non-hydrogen) atoms. The summed E-state index contributed by atoms with van der Waals surface area (Å²) in [5.74, 6) is 1.54. The second-order valence-corrected chi connectivity index (χ2v) is 8.50. The lowest BCUT2D eigenvalue weighted by atomic mass is 9.87. The van der Waals surface area contributed by atoms with Crippen LogP contribution in [0.2, 0.25) is 0 Å². The molecular formula is C23H31N5O. The zero-order valence-electron chi connectivity index (χ0n) is 17.3. The molecule has 6 heteroatoms. The highest BCUT2D eigenvalue weighted by Gasteiger charge is 2.32. The molecule has 0 aromatic carbocycles. The monoisotopic (exact) mass is 393 g/mol. The number of nitrogens with one attached hydrogen (secondary N) is 1. The number of piperidine rings is 1. The smallest absolute Gasteiger partial charge is 0.223 e. The number of amides is 1. The summed E-state index contributed by atoms with van der Waals surface area (Å²) in [6, 6.07) is 5.97. The highest BCUT2D eigenvalue weighted by atomic mass is 16.2. The van der Waals surface area contributed by atoms with Crippen molar-refractivity contribution in [2.75, 3.05) is 13.1 Å². The van der Waals surface area contributed by atoms with Crippen LogP contribution in [0.5, 0.6) is 0 Å². The lowest BCUT2D eigenvalue weighted by molar-refractivity contribution is -0.126. The molecule has 4 rings (SSSR count). The van der Waals surface area contributed by atoms with Gasteiger partial charge in [-0.25, -0.2) is 9.97 Å². The molecule has 2 aliphatic rings. The molecule has 1 aliphatic carbocycles. The fourth-order valence-corrected chi connectivity index (χ4v) is 4.72. The molecule has 1 amide bonds. The van der Waals surface area contributed by atoms with Crippen LogP contribution < -0.4 is 5.32 Å². The Morgan fingerprint density at radius 1 is 1.14 bits per heavy atom. The van der Waals surface area contributed by atoms with Gasteiger partial charge in [0.05, 0.1) is 11.7 Å². The first-order chi connectivity index (χ1) is 14.2. The quantitative estimate of drug-likeness (QED) is 0.814. The number of pyridine rings is 1. The molecule has 2 aromatic heterocycles. The molecule has 2 atom stereocenters. The van der Waals surface area contributed by atoms with Gasteiger partial charge in [-0.3, -0.25) is 14.7 Å². The van der Waals surface area contributed by atoms with Crippen molar-refractivity contribution < 1.29 is 4.79 Å². The molecule has 3 heterocycles. The van der Waals surface area contributed by atoms with E-state index in [2.05, 4.69) is 25.2 Å². The Hall–Kier alpha value is -2.34. The lowest BCUT2D eigenvalue weighted by Gasteiger charge is -2.37. The minimum absolute atomic E-state index is 0.0265. The molecular weight excluding hydrogens is 362 g/mol. The van der Waals surface area contributed by atoms with Gasteiger partial charge < -0.3 is 5.32 Å². The highest BCUT2D eigenvalue weighted by Crippen LogP contribution is 2.31. The molecule has 2 fully saturated rings. The van der Waals surface area contributed by atoms with Gasteiger partial charge in [-0.1, -0.05) is 18.9 Å². The van der Waals surface area contributed by atoms with Gasteiger partial charge in [0, 0.05) is 43.2 Å². The van der Waals surface area contributed by atoms with Crippen LogP contribution in [0.15, 0.2) is 36.8 Å². The van der Waals surface area contributed by atoms with Crippen molar-refractivity contribution in [3.8, 4) is 0 Å². The summed E-state index contributed by atoms with van der Waals surface area (Å²) in [6.45, 7) is 4.77. The molecule has 1 aliphatic heterocycles. The van der Waals surface area contributed by atoms with Gasteiger partial charge in [0.1, 0.15) is 5.82 Å².